The van der Waals surface area contributed by atoms with E-state index in [9.17, 15) is 13.4 Å². The Kier molecular flexibility index (Phi) is 4.09. The summed E-state index contributed by atoms with van der Waals surface area (Å²) in [7, 11) is -4.16. The second kappa shape index (κ2) is 6.15. The van der Waals surface area contributed by atoms with E-state index in [1.165, 1.54) is 6.26 Å². The van der Waals surface area contributed by atoms with Crippen molar-refractivity contribution < 1.29 is 18.1 Å². The zero-order valence-electron chi connectivity index (χ0n) is 13.9. The minimum absolute atomic E-state index is 0.0131. The summed E-state index contributed by atoms with van der Waals surface area (Å²) in [6.07, 6.45) is 7.96. The molecule has 0 radical (unpaired) electrons. The lowest BCUT2D eigenvalue weighted by Gasteiger charge is -2.32. The van der Waals surface area contributed by atoms with Crippen LogP contribution < -0.4 is 9.38 Å². The zero-order chi connectivity index (χ0) is 17.6. The molecule has 2 aromatic rings. The Morgan fingerprint density at radius 1 is 1.36 bits per heavy atom. The van der Waals surface area contributed by atoms with Gasteiger partial charge in [-0.2, -0.15) is 0 Å². The third-order valence-electron chi connectivity index (χ3n) is 4.96. The Morgan fingerprint density at radius 2 is 2.12 bits per heavy atom. The van der Waals surface area contributed by atoms with Crippen molar-refractivity contribution in [3.8, 4) is 5.75 Å². The minimum Gasteiger partial charge on any atom is -0.531 e. The van der Waals surface area contributed by atoms with Gasteiger partial charge in [-0.15, -0.1) is 0 Å². The highest BCUT2D eigenvalue weighted by molar-refractivity contribution is 7.88. The molecule has 0 spiro atoms. The highest BCUT2D eigenvalue weighted by Crippen LogP contribution is 2.43. The first-order chi connectivity index (χ1) is 11.9. The summed E-state index contributed by atoms with van der Waals surface area (Å²) < 4.78 is 31.1. The molecule has 2 aliphatic rings. The number of fused-ring (bicyclic) bond motifs is 3. The van der Waals surface area contributed by atoms with Gasteiger partial charge in [-0.1, -0.05) is 0 Å². The maximum atomic E-state index is 11.4. The smallest absolute Gasteiger partial charge is 0.531 e. The number of H-pyrrole nitrogens is 1. The van der Waals surface area contributed by atoms with E-state index in [1.54, 1.807) is 12.2 Å². The van der Waals surface area contributed by atoms with Crippen molar-refractivity contribution in [2.24, 2.45) is 5.92 Å². The Hall–Kier alpha value is -1.84. The van der Waals surface area contributed by atoms with Gasteiger partial charge in [-0.25, -0.2) is 18.1 Å². The molecule has 0 saturated heterocycles. The van der Waals surface area contributed by atoms with Crippen LogP contribution in [0.1, 0.15) is 31.2 Å². The van der Waals surface area contributed by atoms with Gasteiger partial charge in [-0.05, 0) is 49.2 Å². The molecule has 7 nitrogen and oxygen atoms in total. The number of aromatic amines is 1. The number of nitrogens with zero attached hydrogens (tertiary/aromatic N) is 1. The average Bonchev–Trinajstić information content (AvgIpc) is 3.01. The van der Waals surface area contributed by atoms with E-state index in [1.807, 2.05) is 12.3 Å². The monoisotopic (exact) mass is 361 g/mol. The predicted molar refractivity (Wildman–Crippen MR) is 96.4 cm³/mol. The van der Waals surface area contributed by atoms with Crippen molar-refractivity contribution in [2.75, 3.05) is 6.26 Å². The van der Waals surface area contributed by atoms with E-state index < -0.39 is 17.1 Å². The Labute approximate surface area is 146 Å². The third kappa shape index (κ3) is 3.31. The number of sulfonamides is 1. The first-order valence-corrected chi connectivity index (χ1v) is 10.3. The molecule has 0 bridgehead atoms. The number of hydrogen-bond donors (Lipinski definition) is 3. The summed E-state index contributed by atoms with van der Waals surface area (Å²) in [5, 5.41) is 11.0. The molecule has 1 fully saturated rings. The molecule has 0 aromatic carbocycles. The van der Waals surface area contributed by atoms with Crippen LogP contribution in [0.25, 0.3) is 16.6 Å². The lowest BCUT2D eigenvalue weighted by atomic mass is 9.72. The van der Waals surface area contributed by atoms with Crippen LogP contribution in [0.2, 0.25) is 0 Å². The van der Waals surface area contributed by atoms with Crippen LogP contribution in [0.4, 0.5) is 0 Å². The van der Waals surface area contributed by atoms with Crippen LogP contribution in [-0.4, -0.2) is 42.8 Å². The van der Waals surface area contributed by atoms with Crippen LogP contribution in [0.5, 0.6) is 5.75 Å². The van der Waals surface area contributed by atoms with E-state index in [-0.39, 0.29) is 12.0 Å². The fourth-order valence-corrected chi connectivity index (χ4v) is 4.78. The standard InChI is InChI=1S/C16H20BN3O4S/c1-25(22,23)20-11-4-2-10(3-5-11)13-8-17(21)24-14-9-19-16-12(15(13)14)6-7-18-16/h6-11,20-21H,2-5H2,1H3,(H,18,19)/t10-,11-. The Morgan fingerprint density at radius 3 is 2.84 bits per heavy atom. The summed E-state index contributed by atoms with van der Waals surface area (Å²) in [5.74, 6) is 2.62. The summed E-state index contributed by atoms with van der Waals surface area (Å²) in [6.45, 7) is 0. The van der Waals surface area contributed by atoms with Gasteiger partial charge in [0.15, 0.2) is 0 Å². The molecular formula is C16H20BN3O4S. The van der Waals surface area contributed by atoms with Gasteiger partial charge in [0.1, 0.15) is 11.4 Å². The second-order valence-electron chi connectivity index (χ2n) is 6.81. The SMILES string of the molecule is CS(=O)(=O)N[C@H]1CC[C@H](C2=CB(O)Oc3cnc4[nH]ccc4c32)CC1. The van der Waals surface area contributed by atoms with Crippen molar-refractivity contribution in [3.63, 3.8) is 0 Å². The van der Waals surface area contributed by atoms with Crippen LogP contribution in [0.3, 0.4) is 0 Å². The molecule has 2 aromatic heterocycles. The van der Waals surface area contributed by atoms with Gasteiger partial charge in [0.05, 0.1) is 12.5 Å². The number of allylic oxidation sites excluding steroid dienone is 1. The van der Waals surface area contributed by atoms with Gasteiger partial charge in [0, 0.05) is 23.2 Å². The van der Waals surface area contributed by atoms with E-state index >= 15 is 0 Å². The largest absolute Gasteiger partial charge is 0.552 e. The molecule has 0 unspecified atom stereocenters. The molecule has 1 aliphatic heterocycles. The van der Waals surface area contributed by atoms with Crippen molar-refractivity contribution >= 4 is 33.7 Å². The Balaban J connectivity index is 1.62. The molecule has 3 N–H and O–H groups in total. The first-order valence-electron chi connectivity index (χ1n) is 8.41. The number of aromatic nitrogens is 2. The molecule has 1 saturated carbocycles. The summed E-state index contributed by atoms with van der Waals surface area (Å²) in [4.78, 5) is 7.43. The highest BCUT2D eigenvalue weighted by atomic mass is 32.2. The van der Waals surface area contributed by atoms with Gasteiger partial charge >= 0.3 is 7.12 Å². The summed E-state index contributed by atoms with van der Waals surface area (Å²) in [6, 6.07) is 1.95. The average molecular weight is 361 g/mol. The van der Waals surface area contributed by atoms with Crippen LogP contribution >= 0.6 is 0 Å². The molecule has 25 heavy (non-hydrogen) atoms. The Bertz CT molecular complexity index is 932. The molecule has 1 aliphatic carbocycles. The van der Waals surface area contributed by atoms with E-state index in [4.69, 9.17) is 4.65 Å². The molecule has 4 rings (SSSR count). The third-order valence-corrected chi connectivity index (χ3v) is 5.72. The molecular weight excluding hydrogens is 341 g/mol. The van der Waals surface area contributed by atoms with Gasteiger partial charge in [0.25, 0.3) is 0 Å². The number of nitrogens with one attached hydrogen (secondary N) is 2. The quantitative estimate of drug-likeness (QED) is 0.718. The van der Waals surface area contributed by atoms with Gasteiger partial charge in [0.2, 0.25) is 10.0 Å². The first kappa shape index (κ1) is 16.6. The van der Waals surface area contributed by atoms with Gasteiger partial charge in [-0.3, -0.25) is 0 Å². The summed E-state index contributed by atoms with van der Waals surface area (Å²) in [5.41, 5.74) is 2.84. The maximum Gasteiger partial charge on any atom is 0.552 e. The van der Waals surface area contributed by atoms with Crippen molar-refractivity contribution in [3.05, 3.63) is 30.0 Å². The van der Waals surface area contributed by atoms with E-state index in [0.29, 0.717) is 5.75 Å². The predicted octanol–water partition coefficient (Wildman–Crippen LogP) is 1.47. The molecule has 132 valence electrons. The minimum atomic E-state index is -3.18. The second-order valence-corrected chi connectivity index (χ2v) is 8.59. The van der Waals surface area contributed by atoms with Crippen LogP contribution in [-0.2, 0) is 10.0 Å². The van der Waals surface area contributed by atoms with Crippen molar-refractivity contribution in [1.82, 2.24) is 14.7 Å². The molecule has 3 heterocycles. The highest BCUT2D eigenvalue weighted by Gasteiger charge is 2.33. The lowest BCUT2D eigenvalue weighted by molar-refractivity contribution is 0.361. The summed E-state index contributed by atoms with van der Waals surface area (Å²) >= 11 is 0. The fraction of sp³-hybridized carbons (Fsp3) is 0.438. The maximum absolute atomic E-state index is 11.4. The lowest BCUT2D eigenvalue weighted by Crippen LogP contribution is -2.37. The van der Waals surface area contributed by atoms with Gasteiger partial charge < -0.3 is 14.7 Å². The van der Waals surface area contributed by atoms with Crippen molar-refractivity contribution in [1.29, 1.82) is 0 Å². The van der Waals surface area contributed by atoms with E-state index in [0.717, 1.165) is 47.9 Å². The number of rotatable bonds is 3. The van der Waals surface area contributed by atoms with Crippen LogP contribution in [0, 0.1) is 5.92 Å². The molecule has 0 atom stereocenters. The molecule has 9 heteroatoms. The number of pyridine rings is 1. The number of hydrogen-bond acceptors (Lipinski definition) is 5. The molecule has 0 amide bonds. The van der Waals surface area contributed by atoms with Crippen LogP contribution in [0.15, 0.2) is 24.4 Å². The van der Waals surface area contributed by atoms with E-state index in [2.05, 4.69) is 14.7 Å². The van der Waals surface area contributed by atoms with Crippen molar-refractivity contribution in [2.45, 2.75) is 31.7 Å². The topological polar surface area (TPSA) is 104 Å². The normalized spacial score (nSPS) is 23.9. The zero-order valence-corrected chi connectivity index (χ0v) is 14.7. The fourth-order valence-electron chi connectivity index (χ4n) is 3.94.